The van der Waals surface area contributed by atoms with E-state index in [1.807, 2.05) is 0 Å². The summed E-state index contributed by atoms with van der Waals surface area (Å²) in [5.41, 5.74) is 1.30. The number of carbonyl (C=O) groups is 3. The molecule has 156 valence electrons. The van der Waals surface area contributed by atoms with Crippen LogP contribution in [0, 0.1) is 6.92 Å². The highest BCUT2D eigenvalue weighted by molar-refractivity contribution is 7.17. The van der Waals surface area contributed by atoms with Gasteiger partial charge in [0.05, 0.1) is 24.4 Å². The Kier molecular flexibility index (Phi) is 5.35. The van der Waals surface area contributed by atoms with E-state index in [1.165, 1.54) is 24.4 Å². The minimum atomic E-state index is -0.912. The number of aliphatic hydroxyl groups is 1. The zero-order chi connectivity index (χ0) is 22.1. The van der Waals surface area contributed by atoms with Gasteiger partial charge in [-0.25, -0.2) is 9.78 Å². The number of hydrogen-bond donors (Lipinski definition) is 1. The molecule has 1 aromatic carbocycles. The number of ketones is 1. The van der Waals surface area contributed by atoms with E-state index in [0.717, 1.165) is 11.3 Å². The van der Waals surface area contributed by atoms with Gasteiger partial charge in [-0.3, -0.25) is 19.5 Å². The molecule has 8 nitrogen and oxygen atoms in total. The Morgan fingerprint density at radius 3 is 2.45 bits per heavy atom. The lowest BCUT2D eigenvalue weighted by molar-refractivity contribution is -0.132. The number of amides is 1. The highest BCUT2D eigenvalue weighted by Gasteiger charge is 2.48. The smallest absolute Gasteiger partial charge is 0.350 e. The molecule has 1 N–H and O–H groups in total. The molecule has 1 aliphatic heterocycles. The molecule has 1 fully saturated rings. The van der Waals surface area contributed by atoms with Gasteiger partial charge in [0, 0.05) is 18.0 Å². The van der Waals surface area contributed by atoms with Gasteiger partial charge >= 0.3 is 11.9 Å². The van der Waals surface area contributed by atoms with Crippen LogP contribution in [0.4, 0.5) is 5.13 Å². The second-order valence-electron chi connectivity index (χ2n) is 6.72. The fourth-order valence-corrected chi connectivity index (χ4v) is 4.42. The second kappa shape index (κ2) is 8.11. The summed E-state index contributed by atoms with van der Waals surface area (Å²) in [5.74, 6) is -2.56. The monoisotopic (exact) mass is 435 g/mol. The average Bonchev–Trinajstić information content (AvgIpc) is 3.31. The second-order valence-corrected chi connectivity index (χ2v) is 7.70. The molecular formula is C22H17N3O5S. The largest absolute Gasteiger partial charge is 0.507 e. The summed E-state index contributed by atoms with van der Waals surface area (Å²) in [6, 6.07) is 11.0. The molecule has 1 unspecified atom stereocenters. The molecule has 1 aliphatic rings. The molecule has 3 aromatic rings. The molecule has 0 bridgehead atoms. The van der Waals surface area contributed by atoms with Crippen molar-refractivity contribution in [3.05, 3.63) is 82.1 Å². The van der Waals surface area contributed by atoms with Gasteiger partial charge in [0.1, 0.15) is 10.6 Å². The number of aliphatic hydroxyl groups excluding tert-OH is 1. The number of anilines is 1. The van der Waals surface area contributed by atoms with E-state index in [0.29, 0.717) is 16.8 Å². The number of hydrogen-bond acceptors (Lipinski definition) is 8. The van der Waals surface area contributed by atoms with E-state index in [-0.39, 0.29) is 21.3 Å². The standard InChI is InChI=1S/C22H17N3O5S/c1-12-19(21(29)30-2)31-22(24-12)25-16(13-6-4-3-5-7-13)15(18(27)20(25)28)17(26)14-8-10-23-11-9-14/h3-11,16,26H,1-2H3. The van der Waals surface area contributed by atoms with Crippen LogP contribution in [-0.2, 0) is 14.3 Å². The summed E-state index contributed by atoms with van der Waals surface area (Å²) in [7, 11) is 1.26. The Hall–Kier alpha value is -3.85. The van der Waals surface area contributed by atoms with Crippen LogP contribution in [-0.4, -0.2) is 39.8 Å². The van der Waals surface area contributed by atoms with Crippen LogP contribution in [0.3, 0.4) is 0 Å². The summed E-state index contributed by atoms with van der Waals surface area (Å²) < 4.78 is 4.78. The Morgan fingerprint density at radius 1 is 1.13 bits per heavy atom. The van der Waals surface area contributed by atoms with E-state index in [4.69, 9.17) is 4.74 Å². The number of benzene rings is 1. The van der Waals surface area contributed by atoms with Gasteiger partial charge in [0.25, 0.3) is 5.78 Å². The lowest BCUT2D eigenvalue weighted by Crippen LogP contribution is -2.29. The average molecular weight is 435 g/mol. The Bertz CT molecular complexity index is 1200. The first kappa shape index (κ1) is 20.4. The molecule has 0 radical (unpaired) electrons. The first-order valence-electron chi connectivity index (χ1n) is 9.26. The van der Waals surface area contributed by atoms with Gasteiger partial charge in [-0.1, -0.05) is 41.7 Å². The van der Waals surface area contributed by atoms with E-state index in [1.54, 1.807) is 49.4 Å². The number of methoxy groups -OCH3 is 1. The molecule has 1 amide bonds. The molecule has 0 aliphatic carbocycles. The predicted octanol–water partition coefficient (Wildman–Crippen LogP) is 3.26. The minimum absolute atomic E-state index is 0.0603. The number of ether oxygens (including phenoxy) is 1. The lowest BCUT2D eigenvalue weighted by Gasteiger charge is -2.22. The van der Waals surface area contributed by atoms with Gasteiger partial charge in [-0.05, 0) is 24.6 Å². The summed E-state index contributed by atoms with van der Waals surface area (Å²) in [4.78, 5) is 47.9. The highest BCUT2D eigenvalue weighted by Crippen LogP contribution is 2.43. The van der Waals surface area contributed by atoms with Crippen LogP contribution in [0.15, 0.2) is 60.4 Å². The highest BCUT2D eigenvalue weighted by atomic mass is 32.1. The number of Topliss-reactive ketones (excluding diaryl/α,β-unsaturated/α-hetero) is 1. The van der Waals surface area contributed by atoms with Gasteiger partial charge in [-0.15, -0.1) is 0 Å². The number of thiazole rings is 1. The normalized spacial score (nSPS) is 17.7. The van der Waals surface area contributed by atoms with Crippen LogP contribution in [0.5, 0.6) is 0 Å². The van der Waals surface area contributed by atoms with Gasteiger partial charge in [-0.2, -0.15) is 0 Å². The summed E-state index contributed by atoms with van der Waals surface area (Å²) in [5, 5.41) is 11.1. The number of pyridine rings is 1. The van der Waals surface area contributed by atoms with Crippen LogP contribution in [0.25, 0.3) is 5.76 Å². The van der Waals surface area contributed by atoms with Crippen molar-refractivity contribution in [2.24, 2.45) is 0 Å². The minimum Gasteiger partial charge on any atom is -0.507 e. The van der Waals surface area contributed by atoms with Crippen LogP contribution < -0.4 is 4.90 Å². The molecule has 3 heterocycles. The zero-order valence-electron chi connectivity index (χ0n) is 16.6. The first-order valence-corrected chi connectivity index (χ1v) is 10.1. The van der Waals surface area contributed by atoms with Gasteiger partial charge < -0.3 is 9.84 Å². The number of aryl methyl sites for hydroxylation is 1. The molecule has 2 aromatic heterocycles. The van der Waals surface area contributed by atoms with Gasteiger partial charge in [0.15, 0.2) is 5.13 Å². The molecule has 1 atom stereocenters. The maximum atomic E-state index is 13.1. The van der Waals surface area contributed by atoms with E-state index in [9.17, 15) is 19.5 Å². The molecule has 0 saturated carbocycles. The predicted molar refractivity (Wildman–Crippen MR) is 114 cm³/mol. The Labute approximate surface area is 181 Å². The van der Waals surface area contributed by atoms with Crippen molar-refractivity contribution in [3.63, 3.8) is 0 Å². The fraction of sp³-hybridized carbons (Fsp3) is 0.136. The quantitative estimate of drug-likeness (QED) is 0.290. The zero-order valence-corrected chi connectivity index (χ0v) is 17.4. The van der Waals surface area contributed by atoms with Crippen LogP contribution in [0.1, 0.15) is 32.5 Å². The third-order valence-electron chi connectivity index (χ3n) is 4.88. The lowest BCUT2D eigenvalue weighted by atomic mass is 9.96. The number of aromatic nitrogens is 2. The Balaban J connectivity index is 1.93. The molecule has 4 rings (SSSR count). The summed E-state index contributed by atoms with van der Waals surface area (Å²) in [6.07, 6.45) is 2.96. The molecule has 0 spiro atoms. The van der Waals surface area contributed by atoms with Crippen LogP contribution in [0.2, 0.25) is 0 Å². The van der Waals surface area contributed by atoms with E-state index in [2.05, 4.69) is 9.97 Å². The van der Waals surface area contributed by atoms with E-state index < -0.39 is 23.7 Å². The van der Waals surface area contributed by atoms with Crippen LogP contribution >= 0.6 is 11.3 Å². The molecular weight excluding hydrogens is 418 g/mol. The van der Waals surface area contributed by atoms with Crippen molar-refractivity contribution in [2.45, 2.75) is 13.0 Å². The van der Waals surface area contributed by atoms with Crippen molar-refractivity contribution < 1.29 is 24.2 Å². The third kappa shape index (κ3) is 3.49. The van der Waals surface area contributed by atoms with Crippen molar-refractivity contribution in [1.82, 2.24) is 9.97 Å². The maximum absolute atomic E-state index is 13.1. The number of rotatable bonds is 4. The van der Waals surface area contributed by atoms with E-state index >= 15 is 0 Å². The van der Waals surface area contributed by atoms with Crippen molar-refractivity contribution in [1.29, 1.82) is 0 Å². The summed E-state index contributed by atoms with van der Waals surface area (Å²) in [6.45, 7) is 1.62. The maximum Gasteiger partial charge on any atom is 0.350 e. The number of carbonyl (C=O) groups excluding carboxylic acids is 3. The summed E-state index contributed by atoms with van der Waals surface area (Å²) >= 11 is 0.956. The SMILES string of the molecule is COC(=O)c1sc(N2C(=O)C(=O)C(=C(O)c3ccncc3)C2c2ccccc2)nc1C. The molecule has 31 heavy (non-hydrogen) atoms. The molecule has 1 saturated heterocycles. The third-order valence-corrected chi connectivity index (χ3v) is 6.01. The Morgan fingerprint density at radius 2 is 1.81 bits per heavy atom. The van der Waals surface area contributed by atoms with Gasteiger partial charge in [0.2, 0.25) is 0 Å². The van der Waals surface area contributed by atoms with Crippen molar-refractivity contribution in [3.8, 4) is 0 Å². The first-order chi connectivity index (χ1) is 14.9. The topological polar surface area (TPSA) is 110 Å². The fourth-order valence-electron chi connectivity index (χ4n) is 3.41. The van der Waals surface area contributed by atoms with Crippen molar-refractivity contribution >= 4 is 39.9 Å². The molecule has 9 heteroatoms. The number of esters is 1. The van der Waals surface area contributed by atoms with Crippen molar-refractivity contribution in [2.75, 3.05) is 12.0 Å². The number of nitrogens with zero attached hydrogens (tertiary/aromatic N) is 3.